The van der Waals surface area contributed by atoms with Gasteiger partial charge in [-0.05, 0) is 80.5 Å². The molecule has 4 aliphatic carbocycles. The maximum absolute atomic E-state index is 13.6. The summed E-state index contributed by atoms with van der Waals surface area (Å²) in [6.07, 6.45) is 6.44. The lowest BCUT2D eigenvalue weighted by molar-refractivity contribution is -0.177. The third-order valence-electron chi connectivity index (χ3n) is 8.05. The van der Waals surface area contributed by atoms with E-state index in [9.17, 15) is 4.79 Å². The van der Waals surface area contributed by atoms with Crippen LogP contribution in [0.1, 0.15) is 49.7 Å². The number of rotatable bonds is 6. The molecule has 0 heterocycles. The Hall–Kier alpha value is -2.13. The van der Waals surface area contributed by atoms with Crippen molar-refractivity contribution >= 4 is 5.97 Å². The summed E-state index contributed by atoms with van der Waals surface area (Å²) in [7, 11) is 4.04. The zero-order chi connectivity index (χ0) is 20.8. The summed E-state index contributed by atoms with van der Waals surface area (Å²) in [5.41, 5.74) is 2.64. The zero-order valence-electron chi connectivity index (χ0n) is 18.3. The molecular weight excluding hydrogens is 370 g/mol. The summed E-state index contributed by atoms with van der Waals surface area (Å²) < 4.78 is 5.92. The lowest BCUT2D eigenvalue weighted by atomic mass is 9.37. The van der Waals surface area contributed by atoms with Gasteiger partial charge in [0, 0.05) is 6.54 Å². The molecular formula is C27H33NO2. The van der Waals surface area contributed by atoms with E-state index < -0.39 is 0 Å². The number of hydrogen-bond donors (Lipinski definition) is 0. The molecule has 0 spiro atoms. The molecule has 4 fully saturated rings. The zero-order valence-corrected chi connectivity index (χ0v) is 18.3. The number of benzene rings is 2. The van der Waals surface area contributed by atoms with Gasteiger partial charge in [-0.3, -0.25) is 4.79 Å². The highest BCUT2D eigenvalue weighted by atomic mass is 16.5. The molecule has 0 aliphatic heterocycles. The van der Waals surface area contributed by atoms with Gasteiger partial charge in [-0.1, -0.05) is 60.7 Å². The molecule has 0 saturated heterocycles. The van der Waals surface area contributed by atoms with Crippen molar-refractivity contribution < 1.29 is 9.53 Å². The van der Waals surface area contributed by atoms with E-state index >= 15 is 0 Å². The van der Waals surface area contributed by atoms with Gasteiger partial charge in [0.05, 0.1) is 5.41 Å². The van der Waals surface area contributed by atoms with Crippen molar-refractivity contribution in [3.05, 3.63) is 71.8 Å². The number of esters is 1. The second kappa shape index (κ2) is 7.23. The van der Waals surface area contributed by atoms with E-state index in [1.165, 1.54) is 24.0 Å². The first kappa shape index (κ1) is 19.8. The molecule has 4 saturated carbocycles. The Bertz CT molecular complexity index is 851. The quantitative estimate of drug-likeness (QED) is 0.639. The predicted molar refractivity (Wildman–Crippen MR) is 119 cm³/mol. The van der Waals surface area contributed by atoms with Gasteiger partial charge in [-0.2, -0.15) is 0 Å². The Balaban J connectivity index is 1.55. The van der Waals surface area contributed by atoms with Crippen LogP contribution in [0, 0.1) is 11.3 Å². The lowest BCUT2D eigenvalue weighted by Crippen LogP contribution is -2.62. The van der Waals surface area contributed by atoms with E-state index in [1.807, 2.05) is 14.1 Å². The lowest BCUT2D eigenvalue weighted by Gasteiger charge is -2.66. The fourth-order valence-corrected chi connectivity index (χ4v) is 7.37. The van der Waals surface area contributed by atoms with Crippen molar-refractivity contribution in [3.8, 4) is 0 Å². The Morgan fingerprint density at radius 3 is 1.90 bits per heavy atom. The van der Waals surface area contributed by atoms with Crippen molar-refractivity contribution in [2.24, 2.45) is 11.3 Å². The van der Waals surface area contributed by atoms with E-state index in [0.29, 0.717) is 12.5 Å². The van der Waals surface area contributed by atoms with Crippen molar-refractivity contribution in [1.29, 1.82) is 0 Å². The molecule has 6 rings (SSSR count). The van der Waals surface area contributed by atoms with Crippen LogP contribution in [0.2, 0.25) is 0 Å². The molecule has 3 heteroatoms. The third kappa shape index (κ3) is 3.19. The molecule has 0 unspecified atom stereocenters. The molecule has 2 atom stereocenters. The molecule has 4 aliphatic rings. The fourth-order valence-electron chi connectivity index (χ4n) is 7.37. The highest BCUT2D eigenvalue weighted by molar-refractivity contribution is 5.78. The molecule has 4 bridgehead atoms. The number of carbonyl (C=O) groups is 1. The van der Waals surface area contributed by atoms with Crippen LogP contribution in [0.5, 0.6) is 0 Å². The minimum Gasteiger partial charge on any atom is -0.464 e. The van der Waals surface area contributed by atoms with Gasteiger partial charge in [0.2, 0.25) is 0 Å². The van der Waals surface area contributed by atoms with Crippen LogP contribution < -0.4 is 0 Å². The Labute approximate surface area is 180 Å². The molecule has 2 aromatic carbocycles. The molecule has 158 valence electrons. The fraction of sp³-hybridized carbons (Fsp3) is 0.519. The van der Waals surface area contributed by atoms with Gasteiger partial charge >= 0.3 is 5.97 Å². The summed E-state index contributed by atoms with van der Waals surface area (Å²) in [5.74, 6) is 0.636. The first-order valence-electron chi connectivity index (χ1n) is 11.4. The van der Waals surface area contributed by atoms with Crippen molar-refractivity contribution in [2.75, 3.05) is 27.2 Å². The number of ether oxygens (including phenoxy) is 1. The summed E-state index contributed by atoms with van der Waals surface area (Å²) >= 11 is 0. The molecule has 2 aromatic rings. The van der Waals surface area contributed by atoms with Gasteiger partial charge in [-0.15, -0.1) is 0 Å². The van der Waals surface area contributed by atoms with E-state index in [-0.39, 0.29) is 22.2 Å². The molecule has 0 aromatic heterocycles. The second-order valence-electron chi connectivity index (χ2n) is 10.5. The number of carbonyl (C=O) groups excluding carboxylic acids is 1. The Morgan fingerprint density at radius 1 is 0.867 bits per heavy atom. The number of likely N-dealkylation sites (N-methyl/N-ethyl adjacent to an activating group) is 1. The van der Waals surface area contributed by atoms with Gasteiger partial charge < -0.3 is 9.64 Å². The van der Waals surface area contributed by atoms with Crippen LogP contribution in [0.15, 0.2) is 60.7 Å². The topological polar surface area (TPSA) is 29.5 Å². The third-order valence-corrected chi connectivity index (χ3v) is 8.05. The maximum Gasteiger partial charge on any atom is 0.312 e. The standard InChI is InChI=1S/C27H33NO2/c1-28(2)13-14-30-24(29)27-17-21-15-25(19-27,22-9-5-3-6-10-22)18-26(16-21,20-27)23-11-7-4-8-12-23/h3-12,21H,13-20H2,1-2H3/t21?,25-,26-,27?/m0/s1. The molecule has 0 N–H and O–H groups in total. The van der Waals surface area contributed by atoms with Crippen LogP contribution in [0.4, 0.5) is 0 Å². The summed E-state index contributed by atoms with van der Waals surface area (Å²) in [6, 6.07) is 22.0. The van der Waals surface area contributed by atoms with Crippen LogP contribution >= 0.6 is 0 Å². The van der Waals surface area contributed by atoms with E-state index in [2.05, 4.69) is 65.6 Å². The molecule has 0 amide bonds. The van der Waals surface area contributed by atoms with Crippen LogP contribution in [0.3, 0.4) is 0 Å². The summed E-state index contributed by atoms with van der Waals surface area (Å²) in [4.78, 5) is 15.7. The van der Waals surface area contributed by atoms with Gasteiger partial charge in [0.25, 0.3) is 0 Å². The van der Waals surface area contributed by atoms with Crippen molar-refractivity contribution in [2.45, 2.75) is 49.4 Å². The van der Waals surface area contributed by atoms with E-state index in [1.54, 1.807) is 0 Å². The first-order valence-corrected chi connectivity index (χ1v) is 11.4. The number of nitrogens with zero attached hydrogens (tertiary/aromatic N) is 1. The van der Waals surface area contributed by atoms with Gasteiger partial charge in [0.15, 0.2) is 0 Å². The largest absolute Gasteiger partial charge is 0.464 e. The van der Waals surface area contributed by atoms with Crippen molar-refractivity contribution in [3.63, 3.8) is 0 Å². The van der Waals surface area contributed by atoms with E-state index in [4.69, 9.17) is 4.74 Å². The monoisotopic (exact) mass is 403 g/mol. The average Bonchev–Trinajstić information content (AvgIpc) is 2.74. The van der Waals surface area contributed by atoms with Crippen LogP contribution in [0.25, 0.3) is 0 Å². The van der Waals surface area contributed by atoms with Crippen LogP contribution in [-0.2, 0) is 20.4 Å². The highest BCUT2D eigenvalue weighted by Crippen LogP contribution is 2.70. The Morgan fingerprint density at radius 2 is 1.40 bits per heavy atom. The second-order valence-corrected chi connectivity index (χ2v) is 10.5. The SMILES string of the molecule is CN(C)CCOC(=O)C12CC3C[C@@](c4ccccc4)(C1)C[C@@](c1ccccc1)(C3)C2. The number of hydrogen-bond acceptors (Lipinski definition) is 3. The highest BCUT2D eigenvalue weighted by Gasteiger charge is 2.66. The minimum atomic E-state index is -0.350. The minimum absolute atomic E-state index is 0.0501. The smallest absolute Gasteiger partial charge is 0.312 e. The maximum atomic E-state index is 13.6. The van der Waals surface area contributed by atoms with Gasteiger partial charge in [0.1, 0.15) is 6.61 Å². The first-order chi connectivity index (χ1) is 14.5. The van der Waals surface area contributed by atoms with Crippen molar-refractivity contribution in [1.82, 2.24) is 4.90 Å². The van der Waals surface area contributed by atoms with Crippen LogP contribution in [-0.4, -0.2) is 38.1 Å². The molecule has 3 nitrogen and oxygen atoms in total. The van der Waals surface area contributed by atoms with Gasteiger partial charge in [-0.25, -0.2) is 0 Å². The normalized spacial score (nSPS) is 34.3. The summed E-state index contributed by atoms with van der Waals surface area (Å²) in [6.45, 7) is 1.26. The average molecular weight is 404 g/mol. The summed E-state index contributed by atoms with van der Waals surface area (Å²) in [5, 5.41) is 0. The molecule has 0 radical (unpaired) electrons. The Kier molecular flexibility index (Phi) is 4.77. The van der Waals surface area contributed by atoms with E-state index in [0.717, 1.165) is 32.2 Å². The predicted octanol–water partition coefficient (Wildman–Crippen LogP) is 4.95. The molecule has 30 heavy (non-hydrogen) atoms.